The van der Waals surface area contributed by atoms with Crippen LogP contribution >= 0.6 is 15.9 Å². The number of carbonyl (C=O) groups excluding carboxylic acids is 1. The van der Waals surface area contributed by atoms with Gasteiger partial charge in [0.15, 0.2) is 0 Å². The Bertz CT molecular complexity index is 467. The molecule has 0 radical (unpaired) electrons. The molecule has 1 heterocycles. The molecular weight excluding hydrogens is 320 g/mol. The molecule has 1 amide bonds. The molecule has 4 nitrogen and oxygen atoms in total. The van der Waals surface area contributed by atoms with Crippen LogP contribution in [0.1, 0.15) is 18.6 Å². The third kappa shape index (κ3) is 3.59. The zero-order chi connectivity index (χ0) is 14.5. The third-order valence-corrected chi connectivity index (χ3v) is 4.28. The molecule has 1 N–H and O–H groups in total. The van der Waals surface area contributed by atoms with E-state index in [1.165, 1.54) is 0 Å². The lowest BCUT2D eigenvalue weighted by molar-refractivity contribution is -0.142. The molecule has 0 aromatic heterocycles. The molecule has 0 unspecified atom stereocenters. The topological polar surface area (TPSA) is 41.6 Å². The first kappa shape index (κ1) is 15.5. The fourth-order valence-corrected chi connectivity index (χ4v) is 3.02. The van der Waals surface area contributed by atoms with E-state index < -0.39 is 0 Å². The summed E-state index contributed by atoms with van der Waals surface area (Å²) in [6.45, 7) is 4.55. The van der Waals surface area contributed by atoms with Crippen LogP contribution in [0.2, 0.25) is 0 Å². The highest BCUT2D eigenvalue weighted by atomic mass is 79.9. The minimum Gasteiger partial charge on any atom is -0.370 e. The van der Waals surface area contributed by atoms with E-state index in [-0.39, 0.29) is 17.9 Å². The summed E-state index contributed by atoms with van der Waals surface area (Å²) in [4.78, 5) is 14.3. The van der Waals surface area contributed by atoms with Crippen molar-refractivity contribution in [1.29, 1.82) is 0 Å². The van der Waals surface area contributed by atoms with Crippen molar-refractivity contribution in [2.24, 2.45) is 5.92 Å². The summed E-state index contributed by atoms with van der Waals surface area (Å²) < 4.78 is 6.86. The van der Waals surface area contributed by atoms with Crippen LogP contribution in [0, 0.1) is 5.92 Å². The number of benzene rings is 1. The number of ether oxygens (including phenoxy) is 1. The van der Waals surface area contributed by atoms with Crippen molar-refractivity contribution >= 4 is 21.8 Å². The summed E-state index contributed by atoms with van der Waals surface area (Å²) in [6, 6.07) is 8.02. The van der Waals surface area contributed by atoms with Crippen LogP contribution in [0.25, 0.3) is 0 Å². The number of carbonyl (C=O) groups is 1. The average molecular weight is 341 g/mol. The Morgan fingerprint density at radius 3 is 3.00 bits per heavy atom. The molecule has 20 heavy (non-hydrogen) atoms. The first-order valence-corrected chi connectivity index (χ1v) is 7.72. The third-order valence-electron chi connectivity index (χ3n) is 3.56. The minimum atomic E-state index is -0.0509. The van der Waals surface area contributed by atoms with Crippen LogP contribution in [0.3, 0.4) is 0 Å². The lowest BCUT2D eigenvalue weighted by Gasteiger charge is -2.35. The Morgan fingerprint density at radius 2 is 2.30 bits per heavy atom. The number of amides is 1. The van der Waals surface area contributed by atoms with Gasteiger partial charge in [-0.25, -0.2) is 0 Å². The van der Waals surface area contributed by atoms with Crippen LogP contribution in [0.4, 0.5) is 0 Å². The zero-order valence-corrected chi connectivity index (χ0v) is 13.5. The number of nitrogens with zero attached hydrogens (tertiary/aromatic N) is 1. The van der Waals surface area contributed by atoms with E-state index in [0.29, 0.717) is 26.2 Å². The van der Waals surface area contributed by atoms with Gasteiger partial charge in [0.1, 0.15) is 6.10 Å². The molecule has 2 rings (SSSR count). The van der Waals surface area contributed by atoms with Crippen LogP contribution < -0.4 is 5.32 Å². The molecule has 2 atom stereocenters. The van der Waals surface area contributed by atoms with Gasteiger partial charge >= 0.3 is 0 Å². The molecule has 0 aliphatic carbocycles. The summed E-state index contributed by atoms with van der Waals surface area (Å²) >= 11 is 3.55. The summed E-state index contributed by atoms with van der Waals surface area (Å²) in [5.74, 6) is 0.192. The highest BCUT2D eigenvalue weighted by Crippen LogP contribution is 2.28. The predicted octanol–water partition coefficient (Wildman–Crippen LogP) is 2.20. The first-order chi connectivity index (χ1) is 9.63. The van der Waals surface area contributed by atoms with Gasteiger partial charge in [0, 0.05) is 23.5 Å². The molecule has 0 bridgehead atoms. The van der Waals surface area contributed by atoms with Gasteiger partial charge in [-0.1, -0.05) is 41.1 Å². The SMILES string of the molecule is CNC[C@@H](C)C(=O)N1CCO[C@@H](c2ccccc2Br)C1. The molecule has 1 aromatic carbocycles. The molecule has 0 saturated carbocycles. The quantitative estimate of drug-likeness (QED) is 0.913. The van der Waals surface area contributed by atoms with Crippen molar-refractivity contribution in [2.45, 2.75) is 13.0 Å². The van der Waals surface area contributed by atoms with E-state index in [4.69, 9.17) is 4.74 Å². The smallest absolute Gasteiger partial charge is 0.226 e. The molecule has 1 aliphatic heterocycles. The van der Waals surface area contributed by atoms with Crippen LogP contribution in [-0.4, -0.2) is 44.1 Å². The van der Waals surface area contributed by atoms with Gasteiger partial charge in [0.2, 0.25) is 5.91 Å². The molecule has 5 heteroatoms. The predicted molar refractivity (Wildman–Crippen MR) is 82.5 cm³/mol. The van der Waals surface area contributed by atoms with E-state index in [9.17, 15) is 4.79 Å². The molecule has 110 valence electrons. The van der Waals surface area contributed by atoms with E-state index >= 15 is 0 Å². The number of hydrogen-bond acceptors (Lipinski definition) is 3. The van der Waals surface area contributed by atoms with Gasteiger partial charge < -0.3 is 15.0 Å². The van der Waals surface area contributed by atoms with E-state index in [1.54, 1.807) is 0 Å². The molecule has 1 aromatic rings. The van der Waals surface area contributed by atoms with Crippen LogP contribution in [0.15, 0.2) is 28.7 Å². The van der Waals surface area contributed by atoms with Crippen molar-refractivity contribution in [3.63, 3.8) is 0 Å². The van der Waals surface area contributed by atoms with Gasteiger partial charge in [-0.3, -0.25) is 4.79 Å². The number of morpholine rings is 1. The fraction of sp³-hybridized carbons (Fsp3) is 0.533. The summed E-state index contributed by atoms with van der Waals surface area (Å²) in [7, 11) is 1.87. The maximum Gasteiger partial charge on any atom is 0.226 e. The first-order valence-electron chi connectivity index (χ1n) is 6.93. The van der Waals surface area contributed by atoms with Gasteiger partial charge in [-0.15, -0.1) is 0 Å². The zero-order valence-electron chi connectivity index (χ0n) is 11.9. The Labute approximate surface area is 128 Å². The number of nitrogens with one attached hydrogen (secondary N) is 1. The Balaban J connectivity index is 2.05. The second-order valence-corrected chi connectivity index (χ2v) is 5.98. The van der Waals surface area contributed by atoms with Crippen molar-refractivity contribution < 1.29 is 9.53 Å². The second kappa shape index (κ2) is 7.20. The van der Waals surface area contributed by atoms with Crippen LogP contribution in [0.5, 0.6) is 0 Å². The van der Waals surface area contributed by atoms with E-state index in [0.717, 1.165) is 10.0 Å². The van der Waals surface area contributed by atoms with Crippen molar-refractivity contribution in [3.8, 4) is 0 Å². The number of rotatable bonds is 4. The fourth-order valence-electron chi connectivity index (χ4n) is 2.48. The van der Waals surface area contributed by atoms with Gasteiger partial charge in [0.05, 0.1) is 13.2 Å². The maximum atomic E-state index is 12.4. The van der Waals surface area contributed by atoms with E-state index in [2.05, 4.69) is 21.2 Å². The van der Waals surface area contributed by atoms with Crippen molar-refractivity contribution in [2.75, 3.05) is 33.3 Å². The second-order valence-electron chi connectivity index (χ2n) is 5.12. The summed E-state index contributed by atoms with van der Waals surface area (Å²) in [5, 5.41) is 3.05. The Morgan fingerprint density at radius 1 is 1.55 bits per heavy atom. The Hall–Kier alpha value is -0.910. The highest BCUT2D eigenvalue weighted by Gasteiger charge is 2.28. The number of halogens is 1. The number of hydrogen-bond donors (Lipinski definition) is 1. The summed E-state index contributed by atoms with van der Waals surface area (Å²) in [5.41, 5.74) is 1.10. The minimum absolute atomic E-state index is 0.00189. The lowest BCUT2D eigenvalue weighted by Crippen LogP contribution is -2.46. The maximum absolute atomic E-state index is 12.4. The lowest BCUT2D eigenvalue weighted by atomic mass is 10.1. The molecule has 0 spiro atoms. The molecule has 1 aliphatic rings. The Kier molecular flexibility index (Phi) is 5.57. The standard InChI is InChI=1S/C15H21BrN2O2/c1-11(9-17-2)15(19)18-7-8-20-14(10-18)12-5-3-4-6-13(12)16/h3-6,11,14,17H,7-10H2,1-2H3/t11-,14-/m1/s1. The summed E-state index contributed by atoms with van der Waals surface area (Å²) in [6.07, 6.45) is -0.0509. The van der Waals surface area contributed by atoms with Crippen molar-refractivity contribution in [1.82, 2.24) is 10.2 Å². The molecular formula is C15H21BrN2O2. The van der Waals surface area contributed by atoms with Crippen molar-refractivity contribution in [3.05, 3.63) is 34.3 Å². The highest BCUT2D eigenvalue weighted by molar-refractivity contribution is 9.10. The van der Waals surface area contributed by atoms with Gasteiger partial charge in [0.25, 0.3) is 0 Å². The largest absolute Gasteiger partial charge is 0.370 e. The normalized spacial score (nSPS) is 20.8. The molecule has 1 saturated heterocycles. The van der Waals surface area contributed by atoms with Gasteiger partial charge in [-0.05, 0) is 18.7 Å². The van der Waals surface area contributed by atoms with E-state index in [1.807, 2.05) is 43.1 Å². The van der Waals surface area contributed by atoms with Gasteiger partial charge in [-0.2, -0.15) is 0 Å². The van der Waals surface area contributed by atoms with Crippen LogP contribution in [-0.2, 0) is 9.53 Å². The monoisotopic (exact) mass is 340 g/mol. The molecule has 1 fully saturated rings. The average Bonchev–Trinajstić information content (AvgIpc) is 2.47.